The highest BCUT2D eigenvalue weighted by Gasteiger charge is 2.28. The van der Waals surface area contributed by atoms with Crippen LogP contribution in [0.5, 0.6) is 0 Å². The molecule has 1 unspecified atom stereocenters. The zero-order chi connectivity index (χ0) is 23.4. The summed E-state index contributed by atoms with van der Waals surface area (Å²) < 4.78 is 11.9. The summed E-state index contributed by atoms with van der Waals surface area (Å²) in [7, 11) is -3.32. The van der Waals surface area contributed by atoms with Crippen LogP contribution in [0.15, 0.2) is 6.07 Å². The summed E-state index contributed by atoms with van der Waals surface area (Å²) in [6.07, 6.45) is 3.71. The Morgan fingerprint density at radius 3 is 2.39 bits per heavy atom. The number of ketones is 1. The molecule has 172 valence electrons. The van der Waals surface area contributed by atoms with Crippen LogP contribution < -0.4 is 4.90 Å². The lowest BCUT2D eigenvalue weighted by molar-refractivity contribution is -0.122. The number of Topliss-reactive ketones (excluding diaryl/α,β-unsaturated/α-hetero) is 1. The summed E-state index contributed by atoms with van der Waals surface area (Å²) in [6, 6.07) is 1.70. The minimum atomic E-state index is -3.32. The zero-order valence-corrected chi connectivity index (χ0v) is 20.8. The van der Waals surface area contributed by atoms with Gasteiger partial charge in [-0.15, -0.1) is 11.3 Å². The lowest BCUT2D eigenvalue weighted by Crippen LogP contribution is -2.36. The largest absolute Gasteiger partial charge is 0.477 e. The van der Waals surface area contributed by atoms with Gasteiger partial charge in [0.1, 0.15) is 4.88 Å². The number of aromatic carboxylic acids is 1. The predicted molar refractivity (Wildman–Crippen MR) is 127 cm³/mol. The van der Waals surface area contributed by atoms with E-state index < -0.39 is 13.3 Å². The van der Waals surface area contributed by atoms with E-state index >= 15 is 0 Å². The van der Waals surface area contributed by atoms with Crippen molar-refractivity contribution in [2.75, 3.05) is 30.8 Å². The van der Waals surface area contributed by atoms with E-state index in [1.165, 1.54) is 6.66 Å². The predicted octanol–water partition coefficient (Wildman–Crippen LogP) is 4.95. The molecule has 1 aliphatic rings. The number of rotatable bonds is 8. The maximum Gasteiger partial charge on any atom is 0.348 e. The number of hydrogen-bond donors (Lipinski definition) is 2. The van der Waals surface area contributed by atoms with Crippen molar-refractivity contribution in [3.8, 4) is 11.8 Å². The van der Waals surface area contributed by atoms with E-state index in [1.54, 1.807) is 11.0 Å². The highest BCUT2D eigenvalue weighted by molar-refractivity contribution is 7.57. The first-order valence-electron chi connectivity index (χ1n) is 10.7. The molecule has 8 heteroatoms. The van der Waals surface area contributed by atoms with Crippen LogP contribution in [0.1, 0.15) is 67.9 Å². The minimum Gasteiger partial charge on any atom is -0.477 e. The summed E-state index contributed by atoms with van der Waals surface area (Å²) in [5.41, 5.74) is 0.175. The van der Waals surface area contributed by atoms with Crippen LogP contribution in [0.4, 0.5) is 5.69 Å². The van der Waals surface area contributed by atoms with Crippen LogP contribution in [0.3, 0.4) is 0 Å². The molecule has 0 spiro atoms. The first-order valence-corrected chi connectivity index (χ1v) is 13.8. The Hall–Kier alpha value is -1.61. The first kappa shape index (κ1) is 25.6. The summed E-state index contributed by atoms with van der Waals surface area (Å²) in [5, 5.41) is 9.74. The summed E-state index contributed by atoms with van der Waals surface area (Å²) in [4.78, 5) is 37.1. The number of anilines is 1. The van der Waals surface area contributed by atoms with Crippen LogP contribution in [-0.4, -0.2) is 47.7 Å². The van der Waals surface area contributed by atoms with Gasteiger partial charge < -0.3 is 14.9 Å². The molecule has 1 saturated carbocycles. The number of carboxylic acids is 1. The first-order chi connectivity index (χ1) is 14.2. The second kappa shape index (κ2) is 10.3. The van der Waals surface area contributed by atoms with Gasteiger partial charge in [0, 0.05) is 30.7 Å². The van der Waals surface area contributed by atoms with Crippen LogP contribution >= 0.6 is 18.7 Å². The number of carbonyl (C=O) groups excluding carboxylic acids is 1. The van der Waals surface area contributed by atoms with Crippen molar-refractivity contribution in [2.24, 2.45) is 17.3 Å². The minimum absolute atomic E-state index is 0.0140. The van der Waals surface area contributed by atoms with Crippen LogP contribution in [0.25, 0.3) is 0 Å². The van der Waals surface area contributed by atoms with E-state index in [1.807, 2.05) is 20.8 Å². The summed E-state index contributed by atoms with van der Waals surface area (Å²) in [5.74, 6) is 5.72. The molecule has 1 heterocycles. The van der Waals surface area contributed by atoms with Gasteiger partial charge in [-0.25, -0.2) is 4.79 Å². The van der Waals surface area contributed by atoms with Crippen molar-refractivity contribution in [1.82, 2.24) is 0 Å². The standard InChI is InChI=1S/C23H34NO5PS/c1-16-6-8-17(9-7-16)20(25)15-24(12-13-30(5,28)29)19-14-18(10-11-23(2,3)4)31-21(19)22(26)27/h14,16-17H,6-9,12-13,15H2,1-5H3,(H,26,27)(H,28,29). The number of thiophene rings is 1. The Labute approximate surface area is 189 Å². The Morgan fingerprint density at radius 2 is 1.87 bits per heavy atom. The average molecular weight is 468 g/mol. The lowest BCUT2D eigenvalue weighted by Gasteiger charge is -2.29. The molecule has 2 rings (SSSR count). The van der Waals surface area contributed by atoms with Crippen molar-refractivity contribution in [2.45, 2.75) is 53.4 Å². The Kier molecular flexibility index (Phi) is 8.55. The van der Waals surface area contributed by atoms with Gasteiger partial charge in [-0.1, -0.05) is 31.6 Å². The van der Waals surface area contributed by atoms with Gasteiger partial charge in [-0.2, -0.15) is 0 Å². The highest BCUT2D eigenvalue weighted by Crippen LogP contribution is 2.37. The average Bonchev–Trinajstić information content (AvgIpc) is 3.07. The van der Waals surface area contributed by atoms with Gasteiger partial charge >= 0.3 is 5.97 Å². The maximum absolute atomic E-state index is 13.0. The normalized spacial score (nSPS) is 21.0. The fourth-order valence-electron chi connectivity index (χ4n) is 3.57. The van der Waals surface area contributed by atoms with Crippen LogP contribution in [0, 0.1) is 29.1 Å². The van der Waals surface area contributed by atoms with Gasteiger partial charge in [0.2, 0.25) is 0 Å². The Morgan fingerprint density at radius 1 is 1.26 bits per heavy atom. The van der Waals surface area contributed by atoms with Crippen molar-refractivity contribution in [1.29, 1.82) is 0 Å². The fourth-order valence-corrected chi connectivity index (χ4v) is 5.06. The van der Waals surface area contributed by atoms with Gasteiger partial charge in [-0.05, 0) is 45.6 Å². The van der Waals surface area contributed by atoms with Crippen LogP contribution in [-0.2, 0) is 9.36 Å². The number of nitrogens with zero attached hydrogens (tertiary/aromatic N) is 1. The Balaban J connectivity index is 2.34. The van der Waals surface area contributed by atoms with Crippen molar-refractivity contribution in [3.63, 3.8) is 0 Å². The fraction of sp³-hybridized carbons (Fsp3) is 0.652. The van der Waals surface area contributed by atoms with Crippen LogP contribution in [0.2, 0.25) is 0 Å². The molecule has 0 radical (unpaired) electrons. The van der Waals surface area contributed by atoms with E-state index in [0.29, 0.717) is 16.5 Å². The molecule has 0 amide bonds. The van der Waals surface area contributed by atoms with Crippen molar-refractivity contribution in [3.05, 3.63) is 15.8 Å². The summed E-state index contributed by atoms with van der Waals surface area (Å²) in [6.45, 7) is 9.58. The second-order valence-corrected chi connectivity index (χ2v) is 13.4. The third kappa shape index (κ3) is 8.44. The SMILES string of the molecule is CC1CCC(C(=O)CN(CCP(C)(=O)O)c2cc(C#CC(C)(C)C)sc2C(=O)O)CC1. The molecule has 0 aromatic carbocycles. The molecule has 31 heavy (non-hydrogen) atoms. The molecule has 0 bridgehead atoms. The smallest absolute Gasteiger partial charge is 0.348 e. The topological polar surface area (TPSA) is 94.9 Å². The third-order valence-corrected chi connectivity index (χ3v) is 7.47. The lowest BCUT2D eigenvalue weighted by atomic mass is 9.81. The van der Waals surface area contributed by atoms with E-state index in [2.05, 4.69) is 18.8 Å². The molecular formula is C23H34NO5PS. The van der Waals surface area contributed by atoms with Gasteiger partial charge in [0.15, 0.2) is 13.2 Å². The van der Waals surface area contributed by atoms with E-state index in [9.17, 15) is 24.2 Å². The van der Waals surface area contributed by atoms with Crippen molar-refractivity contribution < 1.29 is 24.2 Å². The number of carboxylic acid groups (broad SMARTS) is 1. The molecular weight excluding hydrogens is 433 g/mol. The number of carbonyl (C=O) groups is 2. The molecule has 1 atom stereocenters. The Bertz CT molecular complexity index is 907. The molecule has 2 N–H and O–H groups in total. The molecule has 1 aliphatic carbocycles. The van der Waals surface area contributed by atoms with Gasteiger partial charge in [0.25, 0.3) is 0 Å². The molecule has 1 aromatic rings. The summed E-state index contributed by atoms with van der Waals surface area (Å²) >= 11 is 1.08. The van der Waals surface area contributed by atoms with Gasteiger partial charge in [0.05, 0.1) is 17.1 Å². The quantitative estimate of drug-likeness (QED) is 0.415. The molecule has 0 saturated heterocycles. The van der Waals surface area contributed by atoms with E-state index in [4.69, 9.17) is 0 Å². The molecule has 1 aromatic heterocycles. The maximum atomic E-state index is 13.0. The van der Waals surface area contributed by atoms with E-state index in [-0.39, 0.29) is 41.2 Å². The molecule has 1 fully saturated rings. The monoisotopic (exact) mass is 467 g/mol. The zero-order valence-electron chi connectivity index (χ0n) is 19.1. The number of hydrogen-bond acceptors (Lipinski definition) is 5. The van der Waals surface area contributed by atoms with E-state index in [0.717, 1.165) is 37.0 Å². The second-order valence-electron chi connectivity index (χ2n) is 9.75. The molecule has 6 nitrogen and oxygen atoms in total. The molecule has 0 aliphatic heterocycles. The highest BCUT2D eigenvalue weighted by atomic mass is 32.1. The van der Waals surface area contributed by atoms with Gasteiger partial charge in [-0.3, -0.25) is 9.36 Å². The third-order valence-electron chi connectivity index (χ3n) is 5.41. The van der Waals surface area contributed by atoms with Crippen molar-refractivity contribution >= 4 is 36.1 Å².